The third-order valence-corrected chi connectivity index (χ3v) is 3.17. The van der Waals surface area contributed by atoms with Crippen molar-refractivity contribution in [3.8, 4) is 11.5 Å². The maximum absolute atomic E-state index is 11.2. The molecule has 0 amide bonds. The zero-order chi connectivity index (χ0) is 15.1. The van der Waals surface area contributed by atoms with Gasteiger partial charge in [0.05, 0.1) is 0 Å². The summed E-state index contributed by atoms with van der Waals surface area (Å²) in [5, 5.41) is 31.3. The summed E-state index contributed by atoms with van der Waals surface area (Å²) < 4.78 is 0. The minimum atomic E-state index is -0.937. The number of hydrogen-bond donors (Lipinski definition) is 5. The van der Waals surface area contributed by atoms with E-state index >= 15 is 0 Å². The van der Waals surface area contributed by atoms with E-state index in [0.717, 1.165) is 12.8 Å². The van der Waals surface area contributed by atoms with Gasteiger partial charge in [-0.1, -0.05) is 6.42 Å². The quantitative estimate of drug-likeness (QED) is 0.363. The van der Waals surface area contributed by atoms with E-state index in [0.29, 0.717) is 18.5 Å². The number of nitrogens with one attached hydrogen (secondary N) is 1. The molecule has 6 N–H and O–H groups in total. The van der Waals surface area contributed by atoms with Crippen LogP contribution in [0.2, 0.25) is 0 Å². The Morgan fingerprint density at radius 1 is 1.35 bits per heavy atom. The molecule has 20 heavy (non-hydrogen) atoms. The largest absolute Gasteiger partial charge is 0.508 e. The predicted octanol–water partition coefficient (Wildman–Crippen LogP) is 1.33. The second-order valence-corrected chi connectivity index (χ2v) is 4.81. The van der Waals surface area contributed by atoms with Gasteiger partial charge in [0.1, 0.15) is 17.5 Å². The van der Waals surface area contributed by atoms with Crippen LogP contribution < -0.4 is 11.1 Å². The first-order valence-electron chi connectivity index (χ1n) is 6.66. The van der Waals surface area contributed by atoms with E-state index in [4.69, 9.17) is 5.73 Å². The second-order valence-electron chi connectivity index (χ2n) is 4.81. The van der Waals surface area contributed by atoms with Gasteiger partial charge in [0.2, 0.25) is 0 Å². The van der Waals surface area contributed by atoms with E-state index in [1.54, 1.807) is 6.92 Å². The van der Waals surface area contributed by atoms with Gasteiger partial charge in [0, 0.05) is 11.6 Å². The van der Waals surface area contributed by atoms with Gasteiger partial charge in [-0.2, -0.15) is 0 Å². The van der Waals surface area contributed by atoms with E-state index in [2.05, 4.69) is 5.32 Å². The molecule has 0 saturated heterocycles. The SMILES string of the molecule is CC(NC(CCCCN)C(=O)O)c1cc(O)ccc1O. The minimum absolute atomic E-state index is 0.0221. The van der Waals surface area contributed by atoms with Gasteiger partial charge in [0.25, 0.3) is 0 Å². The van der Waals surface area contributed by atoms with Gasteiger partial charge in [-0.3, -0.25) is 10.1 Å². The van der Waals surface area contributed by atoms with Gasteiger partial charge in [-0.15, -0.1) is 0 Å². The van der Waals surface area contributed by atoms with Crippen molar-refractivity contribution in [2.75, 3.05) is 6.54 Å². The van der Waals surface area contributed by atoms with E-state index in [1.807, 2.05) is 0 Å². The van der Waals surface area contributed by atoms with Crippen molar-refractivity contribution >= 4 is 5.97 Å². The number of phenolic OH excluding ortho intramolecular Hbond substituents is 2. The van der Waals surface area contributed by atoms with Crippen LogP contribution in [0.5, 0.6) is 11.5 Å². The Kier molecular flexibility index (Phi) is 6.27. The van der Waals surface area contributed by atoms with E-state index < -0.39 is 12.0 Å². The van der Waals surface area contributed by atoms with Crippen molar-refractivity contribution in [2.24, 2.45) is 5.73 Å². The lowest BCUT2D eigenvalue weighted by Crippen LogP contribution is -2.38. The zero-order valence-corrected chi connectivity index (χ0v) is 11.5. The number of carboxylic acids is 1. The zero-order valence-electron chi connectivity index (χ0n) is 11.5. The molecule has 0 aliphatic carbocycles. The summed E-state index contributed by atoms with van der Waals surface area (Å²) in [7, 11) is 0. The fourth-order valence-corrected chi connectivity index (χ4v) is 2.05. The number of nitrogens with two attached hydrogens (primary N) is 1. The number of carbonyl (C=O) groups is 1. The summed E-state index contributed by atoms with van der Waals surface area (Å²) in [6, 6.07) is 3.08. The number of aliphatic carboxylic acids is 1. The maximum Gasteiger partial charge on any atom is 0.320 e. The molecule has 0 radical (unpaired) electrons. The van der Waals surface area contributed by atoms with Crippen molar-refractivity contribution in [2.45, 2.75) is 38.3 Å². The van der Waals surface area contributed by atoms with Crippen molar-refractivity contribution in [1.82, 2.24) is 5.32 Å². The Morgan fingerprint density at radius 3 is 2.65 bits per heavy atom. The average Bonchev–Trinajstić information content (AvgIpc) is 2.40. The van der Waals surface area contributed by atoms with E-state index in [9.17, 15) is 20.1 Å². The standard InChI is InChI=1S/C14H22N2O4/c1-9(11-8-10(17)5-6-13(11)18)16-12(14(19)20)4-2-3-7-15/h5-6,8-9,12,16-18H,2-4,7,15H2,1H3,(H,19,20). The summed E-state index contributed by atoms with van der Waals surface area (Å²) in [5.41, 5.74) is 5.86. The number of benzene rings is 1. The predicted molar refractivity (Wildman–Crippen MR) is 75.7 cm³/mol. The molecule has 0 aliphatic rings. The molecule has 1 aromatic rings. The fraction of sp³-hybridized carbons (Fsp3) is 0.500. The summed E-state index contributed by atoms with van der Waals surface area (Å²) in [6.07, 6.45) is 1.97. The highest BCUT2D eigenvalue weighted by Gasteiger charge is 2.21. The summed E-state index contributed by atoms with van der Waals surface area (Å²) in [4.78, 5) is 11.2. The molecule has 6 nitrogen and oxygen atoms in total. The number of aromatic hydroxyl groups is 2. The minimum Gasteiger partial charge on any atom is -0.508 e. The highest BCUT2D eigenvalue weighted by atomic mass is 16.4. The molecular formula is C14H22N2O4. The van der Waals surface area contributed by atoms with Crippen LogP contribution in [0.3, 0.4) is 0 Å². The highest BCUT2D eigenvalue weighted by Crippen LogP contribution is 2.28. The number of unbranched alkanes of at least 4 members (excludes halogenated alkanes) is 1. The molecule has 2 unspecified atom stereocenters. The Labute approximate surface area is 118 Å². The Morgan fingerprint density at radius 2 is 2.05 bits per heavy atom. The van der Waals surface area contributed by atoms with Gasteiger partial charge in [-0.25, -0.2) is 0 Å². The van der Waals surface area contributed by atoms with Crippen LogP contribution >= 0.6 is 0 Å². The third-order valence-electron chi connectivity index (χ3n) is 3.17. The van der Waals surface area contributed by atoms with Crippen LogP contribution in [-0.4, -0.2) is 33.9 Å². The van der Waals surface area contributed by atoms with Crippen LogP contribution in [0.1, 0.15) is 37.8 Å². The van der Waals surface area contributed by atoms with Crippen molar-refractivity contribution in [3.63, 3.8) is 0 Å². The molecule has 0 aromatic heterocycles. The lowest BCUT2D eigenvalue weighted by molar-refractivity contribution is -0.139. The first-order valence-corrected chi connectivity index (χ1v) is 6.66. The van der Waals surface area contributed by atoms with Crippen molar-refractivity contribution in [1.29, 1.82) is 0 Å². The summed E-state index contributed by atoms with van der Waals surface area (Å²) >= 11 is 0. The van der Waals surface area contributed by atoms with E-state index in [1.165, 1.54) is 18.2 Å². The topological polar surface area (TPSA) is 116 Å². The highest BCUT2D eigenvalue weighted by molar-refractivity contribution is 5.73. The molecule has 2 atom stereocenters. The Hall–Kier alpha value is -1.79. The molecular weight excluding hydrogens is 260 g/mol. The molecule has 112 valence electrons. The number of rotatable bonds is 8. The fourth-order valence-electron chi connectivity index (χ4n) is 2.05. The molecule has 1 aromatic carbocycles. The number of phenols is 2. The van der Waals surface area contributed by atoms with Gasteiger partial charge >= 0.3 is 5.97 Å². The second kappa shape index (κ2) is 7.72. The smallest absolute Gasteiger partial charge is 0.320 e. The molecule has 6 heteroatoms. The van der Waals surface area contributed by atoms with Crippen LogP contribution in [0.25, 0.3) is 0 Å². The van der Waals surface area contributed by atoms with Crippen LogP contribution in [0.4, 0.5) is 0 Å². The molecule has 0 saturated carbocycles. The van der Waals surface area contributed by atoms with Gasteiger partial charge < -0.3 is 21.1 Å². The normalized spacial score (nSPS) is 13.9. The maximum atomic E-state index is 11.2. The molecule has 0 fully saturated rings. The third kappa shape index (κ3) is 4.71. The van der Waals surface area contributed by atoms with Crippen molar-refractivity contribution < 1.29 is 20.1 Å². The molecule has 0 aliphatic heterocycles. The lowest BCUT2D eigenvalue weighted by atomic mass is 10.0. The molecule has 0 heterocycles. The summed E-state index contributed by atoms with van der Waals surface area (Å²) in [6.45, 7) is 2.28. The first-order chi connectivity index (χ1) is 9.45. The van der Waals surface area contributed by atoms with Gasteiger partial charge in [0.15, 0.2) is 0 Å². The van der Waals surface area contributed by atoms with Crippen LogP contribution in [-0.2, 0) is 4.79 Å². The van der Waals surface area contributed by atoms with Crippen LogP contribution in [0, 0.1) is 0 Å². The average molecular weight is 282 g/mol. The van der Waals surface area contributed by atoms with Crippen molar-refractivity contribution in [3.05, 3.63) is 23.8 Å². The monoisotopic (exact) mass is 282 g/mol. The number of carboxylic acid groups (broad SMARTS) is 1. The number of hydrogen-bond acceptors (Lipinski definition) is 5. The molecule has 0 spiro atoms. The molecule has 0 bridgehead atoms. The molecule has 1 rings (SSSR count). The van der Waals surface area contributed by atoms with Gasteiger partial charge in [-0.05, 0) is 44.5 Å². The van der Waals surface area contributed by atoms with E-state index in [-0.39, 0.29) is 17.5 Å². The lowest BCUT2D eigenvalue weighted by Gasteiger charge is -2.21. The summed E-state index contributed by atoms with van der Waals surface area (Å²) in [5.74, 6) is -0.885. The first kappa shape index (κ1) is 16.3. The van der Waals surface area contributed by atoms with Crippen LogP contribution in [0.15, 0.2) is 18.2 Å². The Balaban J connectivity index is 2.72. The Bertz CT molecular complexity index is 451.